The lowest BCUT2D eigenvalue weighted by Gasteiger charge is -2.33. The summed E-state index contributed by atoms with van der Waals surface area (Å²) in [5, 5.41) is 2.96. The average Bonchev–Trinajstić information content (AvgIpc) is 3.23. The fourth-order valence-corrected chi connectivity index (χ4v) is 3.42. The Hall–Kier alpha value is -3.30. The van der Waals surface area contributed by atoms with E-state index in [0.29, 0.717) is 31.3 Å². The van der Waals surface area contributed by atoms with Crippen LogP contribution in [0.3, 0.4) is 0 Å². The lowest BCUT2D eigenvalue weighted by Crippen LogP contribution is -2.43. The molecule has 9 nitrogen and oxygen atoms in total. The number of nitrogens with zero attached hydrogens (tertiary/aromatic N) is 1. The van der Waals surface area contributed by atoms with Gasteiger partial charge >= 0.3 is 0 Å². The van der Waals surface area contributed by atoms with Crippen molar-refractivity contribution < 1.29 is 28.2 Å². The number of hydrogen-bond donors (Lipinski definition) is 2. The fourth-order valence-electron chi connectivity index (χ4n) is 3.42. The van der Waals surface area contributed by atoms with Crippen LogP contribution in [0.15, 0.2) is 40.8 Å². The maximum Gasteiger partial charge on any atom is 0.255 e. The van der Waals surface area contributed by atoms with Gasteiger partial charge in [-0.1, -0.05) is 6.07 Å². The van der Waals surface area contributed by atoms with Crippen LogP contribution in [0.25, 0.3) is 6.08 Å². The first-order valence-corrected chi connectivity index (χ1v) is 10.4. The number of aryl methyl sites for hydroxylation is 1. The second kappa shape index (κ2) is 11.4. The normalized spacial score (nSPS) is 15.4. The van der Waals surface area contributed by atoms with Crippen LogP contribution in [0, 0.1) is 6.92 Å². The van der Waals surface area contributed by atoms with Crippen LogP contribution in [0.4, 0.5) is 0 Å². The van der Waals surface area contributed by atoms with Crippen molar-refractivity contribution in [2.24, 2.45) is 5.73 Å². The van der Waals surface area contributed by atoms with E-state index in [2.05, 4.69) is 10.2 Å². The molecule has 1 aromatic heterocycles. The van der Waals surface area contributed by atoms with Gasteiger partial charge in [0.2, 0.25) is 5.91 Å². The van der Waals surface area contributed by atoms with Gasteiger partial charge in [-0.25, -0.2) is 0 Å². The van der Waals surface area contributed by atoms with E-state index in [-0.39, 0.29) is 18.6 Å². The molecule has 1 unspecified atom stereocenters. The second-order valence-electron chi connectivity index (χ2n) is 7.36. The summed E-state index contributed by atoms with van der Waals surface area (Å²) in [4.78, 5) is 25.6. The minimum Gasteiger partial charge on any atom is -0.493 e. The summed E-state index contributed by atoms with van der Waals surface area (Å²) in [5.41, 5.74) is 5.85. The molecule has 1 saturated heterocycles. The number of amides is 2. The maximum atomic E-state index is 12.5. The van der Waals surface area contributed by atoms with Crippen LogP contribution in [0.2, 0.25) is 0 Å². The number of nitrogens with one attached hydrogen (secondary N) is 1. The Morgan fingerprint density at radius 1 is 1.22 bits per heavy atom. The highest BCUT2D eigenvalue weighted by Crippen LogP contribution is 2.28. The number of carbonyl (C=O) groups excluding carboxylic acids is 2. The molecule has 1 fully saturated rings. The van der Waals surface area contributed by atoms with Crippen LogP contribution in [0.5, 0.6) is 11.5 Å². The standard InChI is InChI=1S/C23H29N3O6/c1-16-3-6-19(32-16)18(26-9-11-30-12-10-26)14-25-23(28)8-5-17-4-7-20(21(13-17)29-2)31-15-22(24)27/h3-8,13,18H,9-12,14-15H2,1-2H3,(H2,24,27)(H,25,28)/b8-5+. The lowest BCUT2D eigenvalue weighted by molar-refractivity contribution is -0.120. The Bertz CT molecular complexity index is 949. The van der Waals surface area contributed by atoms with E-state index in [1.165, 1.54) is 13.2 Å². The summed E-state index contributed by atoms with van der Waals surface area (Å²) in [6.45, 7) is 4.95. The van der Waals surface area contributed by atoms with Gasteiger partial charge in [-0.05, 0) is 42.8 Å². The minimum absolute atomic E-state index is 0.0632. The predicted octanol–water partition coefficient (Wildman–Crippen LogP) is 1.66. The van der Waals surface area contributed by atoms with Crippen molar-refractivity contribution in [1.29, 1.82) is 0 Å². The van der Waals surface area contributed by atoms with E-state index < -0.39 is 5.91 Å². The molecule has 0 saturated carbocycles. The summed E-state index contributed by atoms with van der Waals surface area (Å²) >= 11 is 0. The molecular formula is C23H29N3O6. The summed E-state index contributed by atoms with van der Waals surface area (Å²) < 4.78 is 21.9. The number of hydrogen-bond acceptors (Lipinski definition) is 7. The quantitative estimate of drug-likeness (QED) is 0.537. The van der Waals surface area contributed by atoms with Gasteiger partial charge in [-0.3, -0.25) is 14.5 Å². The second-order valence-corrected chi connectivity index (χ2v) is 7.36. The summed E-state index contributed by atoms with van der Waals surface area (Å²) in [7, 11) is 1.49. The number of benzene rings is 1. The number of carbonyl (C=O) groups is 2. The highest BCUT2D eigenvalue weighted by atomic mass is 16.5. The van der Waals surface area contributed by atoms with Gasteiger partial charge in [0.25, 0.3) is 5.91 Å². The molecule has 0 bridgehead atoms. The smallest absolute Gasteiger partial charge is 0.255 e. The van der Waals surface area contributed by atoms with Crippen molar-refractivity contribution in [2.75, 3.05) is 46.6 Å². The molecule has 1 atom stereocenters. The third kappa shape index (κ3) is 6.60. The zero-order valence-electron chi connectivity index (χ0n) is 18.3. The van der Waals surface area contributed by atoms with Gasteiger partial charge in [0, 0.05) is 25.7 Å². The molecule has 0 aliphatic carbocycles. The van der Waals surface area contributed by atoms with Gasteiger partial charge in [0.1, 0.15) is 11.5 Å². The lowest BCUT2D eigenvalue weighted by atomic mass is 10.1. The highest BCUT2D eigenvalue weighted by Gasteiger charge is 2.25. The van der Waals surface area contributed by atoms with Crippen molar-refractivity contribution in [3.05, 3.63) is 53.5 Å². The van der Waals surface area contributed by atoms with Crippen molar-refractivity contribution in [3.63, 3.8) is 0 Å². The molecule has 2 heterocycles. The SMILES string of the molecule is COc1cc(/C=C/C(=O)NCC(c2ccc(C)o2)N2CCOCC2)ccc1OCC(N)=O. The van der Waals surface area contributed by atoms with Crippen LogP contribution in [0.1, 0.15) is 23.1 Å². The van der Waals surface area contributed by atoms with Crippen molar-refractivity contribution in [1.82, 2.24) is 10.2 Å². The summed E-state index contributed by atoms with van der Waals surface area (Å²) in [5.74, 6) is 1.70. The molecule has 172 valence electrons. The van der Waals surface area contributed by atoms with Crippen LogP contribution in [-0.2, 0) is 14.3 Å². The Morgan fingerprint density at radius 2 is 2.00 bits per heavy atom. The first-order valence-electron chi connectivity index (χ1n) is 10.4. The zero-order chi connectivity index (χ0) is 22.9. The Labute approximate surface area is 187 Å². The molecule has 1 aliphatic rings. The van der Waals surface area contributed by atoms with E-state index >= 15 is 0 Å². The molecule has 1 aromatic carbocycles. The Kier molecular flexibility index (Phi) is 8.29. The number of ether oxygens (including phenoxy) is 3. The third-order valence-electron chi connectivity index (χ3n) is 5.03. The number of methoxy groups -OCH3 is 1. The number of furan rings is 1. The predicted molar refractivity (Wildman–Crippen MR) is 118 cm³/mol. The van der Waals surface area contributed by atoms with E-state index in [4.69, 9.17) is 24.4 Å². The molecule has 0 spiro atoms. The van der Waals surface area contributed by atoms with Crippen molar-refractivity contribution in [2.45, 2.75) is 13.0 Å². The van der Waals surface area contributed by atoms with Crippen LogP contribution in [-0.4, -0.2) is 63.3 Å². The topological polar surface area (TPSA) is 116 Å². The molecule has 3 rings (SSSR count). The minimum atomic E-state index is -0.576. The van der Waals surface area contributed by atoms with E-state index in [0.717, 1.165) is 30.2 Å². The summed E-state index contributed by atoms with van der Waals surface area (Å²) in [6, 6.07) is 8.94. The number of morpholine rings is 1. The largest absolute Gasteiger partial charge is 0.493 e. The van der Waals surface area contributed by atoms with Gasteiger partial charge < -0.3 is 29.7 Å². The zero-order valence-corrected chi connectivity index (χ0v) is 18.3. The number of primary amides is 1. The van der Waals surface area contributed by atoms with Crippen molar-refractivity contribution in [3.8, 4) is 11.5 Å². The molecule has 1 aliphatic heterocycles. The molecular weight excluding hydrogens is 414 g/mol. The highest BCUT2D eigenvalue weighted by molar-refractivity contribution is 5.91. The van der Waals surface area contributed by atoms with E-state index in [1.807, 2.05) is 19.1 Å². The van der Waals surface area contributed by atoms with Gasteiger partial charge in [-0.15, -0.1) is 0 Å². The average molecular weight is 444 g/mol. The van der Waals surface area contributed by atoms with Gasteiger partial charge in [0.15, 0.2) is 18.1 Å². The third-order valence-corrected chi connectivity index (χ3v) is 5.03. The van der Waals surface area contributed by atoms with E-state index in [1.54, 1.807) is 24.3 Å². The first kappa shape index (κ1) is 23.4. The Morgan fingerprint density at radius 3 is 2.66 bits per heavy atom. The Balaban J connectivity index is 1.61. The molecule has 2 amide bonds. The van der Waals surface area contributed by atoms with Gasteiger partial charge in [0.05, 0.1) is 26.4 Å². The van der Waals surface area contributed by atoms with E-state index in [9.17, 15) is 9.59 Å². The molecule has 2 aromatic rings. The number of nitrogens with two attached hydrogens (primary N) is 1. The first-order chi connectivity index (χ1) is 15.5. The van der Waals surface area contributed by atoms with Crippen LogP contribution < -0.4 is 20.5 Å². The molecule has 3 N–H and O–H groups in total. The van der Waals surface area contributed by atoms with Crippen LogP contribution >= 0.6 is 0 Å². The number of rotatable bonds is 10. The van der Waals surface area contributed by atoms with Crippen molar-refractivity contribution >= 4 is 17.9 Å². The molecule has 0 radical (unpaired) electrons. The monoisotopic (exact) mass is 443 g/mol. The molecule has 32 heavy (non-hydrogen) atoms. The maximum absolute atomic E-state index is 12.5. The fraction of sp³-hybridized carbons (Fsp3) is 0.391. The summed E-state index contributed by atoms with van der Waals surface area (Å²) in [6.07, 6.45) is 3.14. The molecule has 9 heteroatoms. The van der Waals surface area contributed by atoms with Gasteiger partial charge in [-0.2, -0.15) is 0 Å².